The molecule has 0 unspecified atom stereocenters. The van der Waals surface area contributed by atoms with Gasteiger partial charge in [0.15, 0.2) is 23.1 Å². The van der Waals surface area contributed by atoms with Crippen LogP contribution < -0.4 is 14.2 Å². The number of ether oxygens (including phenoxy) is 4. The van der Waals surface area contributed by atoms with E-state index >= 15 is 0 Å². The first-order valence-electron chi connectivity index (χ1n) is 7.90. The molecule has 7 nitrogen and oxygen atoms in total. The highest BCUT2D eigenvalue weighted by Gasteiger charge is 2.22. The zero-order valence-corrected chi connectivity index (χ0v) is 13.9. The fraction of sp³-hybridized carbons (Fsp3) is 0.222. The van der Waals surface area contributed by atoms with Crippen molar-refractivity contribution in [3.05, 3.63) is 42.2 Å². The molecule has 1 aromatic heterocycles. The summed E-state index contributed by atoms with van der Waals surface area (Å²) in [6.45, 7) is 0.784. The highest BCUT2D eigenvalue weighted by Crippen LogP contribution is 2.40. The van der Waals surface area contributed by atoms with Gasteiger partial charge in [-0.2, -0.15) is 4.98 Å². The number of aromatic nitrogens is 2. The Labute approximate surface area is 148 Å². The molecule has 8 heteroatoms. The molecule has 0 amide bonds. The minimum absolute atomic E-state index is 0.140. The number of benzene rings is 2. The molecule has 3 aromatic rings. The standard InChI is InChI=1S/C18H15FN2O5/c1-22-7-8-23-14-6-5-11(9-13(14)19)17-20-18(26-21-17)12-3-2-4-15-16(12)25-10-24-15/h2-6,9H,7-8,10H2,1H3. The van der Waals surface area contributed by atoms with E-state index in [9.17, 15) is 4.39 Å². The van der Waals surface area contributed by atoms with Gasteiger partial charge in [-0.1, -0.05) is 11.2 Å². The van der Waals surface area contributed by atoms with Gasteiger partial charge in [0.2, 0.25) is 12.6 Å². The maximum absolute atomic E-state index is 14.2. The van der Waals surface area contributed by atoms with Crippen molar-refractivity contribution in [3.63, 3.8) is 0 Å². The van der Waals surface area contributed by atoms with Crippen molar-refractivity contribution < 1.29 is 27.9 Å². The quantitative estimate of drug-likeness (QED) is 0.626. The molecular formula is C18H15FN2O5. The third-order valence-corrected chi connectivity index (χ3v) is 3.79. The predicted octanol–water partition coefficient (Wildman–Crippen LogP) is 3.30. The Morgan fingerprint density at radius 1 is 1.15 bits per heavy atom. The third-order valence-electron chi connectivity index (χ3n) is 3.79. The number of halogens is 1. The minimum Gasteiger partial charge on any atom is -0.488 e. The van der Waals surface area contributed by atoms with Gasteiger partial charge in [0, 0.05) is 12.7 Å². The Morgan fingerprint density at radius 2 is 2.08 bits per heavy atom. The van der Waals surface area contributed by atoms with Gasteiger partial charge in [0.05, 0.1) is 12.2 Å². The van der Waals surface area contributed by atoms with Crippen molar-refractivity contribution in [1.82, 2.24) is 10.1 Å². The largest absolute Gasteiger partial charge is 0.488 e. The van der Waals surface area contributed by atoms with Crippen molar-refractivity contribution in [2.45, 2.75) is 0 Å². The number of hydrogen-bond donors (Lipinski definition) is 0. The second-order valence-corrected chi connectivity index (χ2v) is 5.45. The van der Waals surface area contributed by atoms with Gasteiger partial charge in [0.1, 0.15) is 6.61 Å². The minimum atomic E-state index is -0.512. The first-order chi connectivity index (χ1) is 12.8. The summed E-state index contributed by atoms with van der Waals surface area (Å²) in [5.74, 6) is 1.33. The summed E-state index contributed by atoms with van der Waals surface area (Å²) < 4.78 is 40.5. The highest BCUT2D eigenvalue weighted by molar-refractivity contribution is 5.69. The van der Waals surface area contributed by atoms with Crippen LogP contribution in [0.3, 0.4) is 0 Å². The maximum Gasteiger partial charge on any atom is 0.262 e. The summed E-state index contributed by atoms with van der Waals surface area (Å²) in [4.78, 5) is 4.33. The molecule has 0 fully saturated rings. The van der Waals surface area contributed by atoms with E-state index in [1.807, 2.05) is 0 Å². The first kappa shape index (κ1) is 16.3. The van der Waals surface area contributed by atoms with Crippen LogP contribution in [-0.2, 0) is 4.74 Å². The highest BCUT2D eigenvalue weighted by atomic mass is 19.1. The smallest absolute Gasteiger partial charge is 0.262 e. The monoisotopic (exact) mass is 358 g/mol. The van der Waals surface area contributed by atoms with Crippen LogP contribution in [0.5, 0.6) is 17.2 Å². The number of nitrogens with zero attached hydrogens (tertiary/aromatic N) is 2. The number of para-hydroxylation sites is 1. The van der Waals surface area contributed by atoms with Crippen molar-refractivity contribution in [1.29, 1.82) is 0 Å². The van der Waals surface area contributed by atoms with E-state index in [2.05, 4.69) is 10.1 Å². The van der Waals surface area contributed by atoms with Crippen LogP contribution in [-0.4, -0.2) is 37.3 Å². The van der Waals surface area contributed by atoms with E-state index < -0.39 is 5.82 Å². The Morgan fingerprint density at radius 3 is 2.92 bits per heavy atom. The van der Waals surface area contributed by atoms with E-state index in [1.165, 1.54) is 12.1 Å². The van der Waals surface area contributed by atoms with Crippen LogP contribution in [0.4, 0.5) is 4.39 Å². The lowest BCUT2D eigenvalue weighted by atomic mass is 10.1. The van der Waals surface area contributed by atoms with E-state index in [0.29, 0.717) is 29.2 Å². The van der Waals surface area contributed by atoms with E-state index in [-0.39, 0.29) is 30.9 Å². The summed E-state index contributed by atoms with van der Waals surface area (Å²) >= 11 is 0. The molecule has 0 bridgehead atoms. The van der Waals surface area contributed by atoms with Gasteiger partial charge in [-0.05, 0) is 30.3 Å². The fourth-order valence-corrected chi connectivity index (χ4v) is 2.54. The summed E-state index contributed by atoms with van der Waals surface area (Å²) in [6, 6.07) is 9.87. The summed E-state index contributed by atoms with van der Waals surface area (Å²) in [5.41, 5.74) is 1.10. The first-order valence-corrected chi connectivity index (χ1v) is 7.90. The Bertz CT molecular complexity index is 928. The zero-order valence-electron chi connectivity index (χ0n) is 13.9. The van der Waals surface area contributed by atoms with Gasteiger partial charge >= 0.3 is 0 Å². The molecule has 0 aliphatic carbocycles. The van der Waals surface area contributed by atoms with Crippen molar-refractivity contribution in [2.24, 2.45) is 0 Å². The Kier molecular flexibility index (Phi) is 4.40. The van der Waals surface area contributed by atoms with Crippen LogP contribution in [0.15, 0.2) is 40.9 Å². The lowest BCUT2D eigenvalue weighted by Crippen LogP contribution is -2.05. The van der Waals surface area contributed by atoms with Gasteiger partial charge in [-0.3, -0.25) is 0 Å². The third kappa shape index (κ3) is 3.06. The van der Waals surface area contributed by atoms with E-state index in [0.717, 1.165) is 0 Å². The van der Waals surface area contributed by atoms with Crippen molar-refractivity contribution >= 4 is 0 Å². The number of methoxy groups -OCH3 is 1. The average Bonchev–Trinajstić information content (AvgIpc) is 3.32. The molecule has 134 valence electrons. The lowest BCUT2D eigenvalue weighted by molar-refractivity contribution is 0.144. The number of hydrogen-bond acceptors (Lipinski definition) is 7. The Balaban J connectivity index is 1.59. The van der Waals surface area contributed by atoms with E-state index in [4.69, 9.17) is 23.5 Å². The number of fused-ring (bicyclic) bond motifs is 1. The second kappa shape index (κ2) is 7.01. The Hall–Kier alpha value is -3.13. The molecule has 0 N–H and O–H groups in total. The SMILES string of the molecule is COCCOc1ccc(-c2noc(-c3cccc4c3OCO4)n2)cc1F. The molecule has 1 aliphatic heterocycles. The second-order valence-electron chi connectivity index (χ2n) is 5.45. The normalized spacial score (nSPS) is 12.4. The molecular weight excluding hydrogens is 343 g/mol. The topological polar surface area (TPSA) is 75.8 Å². The van der Waals surface area contributed by atoms with Gasteiger partial charge < -0.3 is 23.5 Å². The van der Waals surface area contributed by atoms with Crippen LogP contribution in [0, 0.1) is 5.82 Å². The zero-order chi connectivity index (χ0) is 17.9. The molecule has 4 rings (SSSR count). The average molecular weight is 358 g/mol. The molecule has 2 heterocycles. The summed E-state index contributed by atoms with van der Waals surface area (Å²) in [7, 11) is 1.55. The van der Waals surface area contributed by atoms with Crippen molar-refractivity contribution in [3.8, 4) is 40.1 Å². The fourth-order valence-electron chi connectivity index (χ4n) is 2.54. The van der Waals surface area contributed by atoms with E-state index in [1.54, 1.807) is 31.4 Å². The van der Waals surface area contributed by atoms with Gasteiger partial charge in [0.25, 0.3) is 5.89 Å². The lowest BCUT2D eigenvalue weighted by Gasteiger charge is -2.06. The molecule has 1 aliphatic rings. The summed E-state index contributed by atoms with van der Waals surface area (Å²) in [6.07, 6.45) is 0. The number of rotatable bonds is 6. The summed E-state index contributed by atoms with van der Waals surface area (Å²) in [5, 5.41) is 3.92. The predicted molar refractivity (Wildman–Crippen MR) is 88.6 cm³/mol. The molecule has 0 saturated carbocycles. The van der Waals surface area contributed by atoms with Crippen molar-refractivity contribution in [2.75, 3.05) is 27.1 Å². The van der Waals surface area contributed by atoms with Gasteiger partial charge in [-0.15, -0.1) is 0 Å². The molecule has 0 radical (unpaired) electrons. The van der Waals surface area contributed by atoms with Crippen LogP contribution in [0.25, 0.3) is 22.8 Å². The van der Waals surface area contributed by atoms with Gasteiger partial charge in [-0.25, -0.2) is 4.39 Å². The molecule has 0 spiro atoms. The molecule has 0 saturated heterocycles. The maximum atomic E-state index is 14.2. The van der Waals surface area contributed by atoms with Crippen LogP contribution >= 0.6 is 0 Å². The molecule has 26 heavy (non-hydrogen) atoms. The molecule has 0 atom stereocenters. The van der Waals surface area contributed by atoms with Crippen LogP contribution in [0.2, 0.25) is 0 Å². The molecule has 2 aromatic carbocycles. The van der Waals surface area contributed by atoms with Crippen LogP contribution in [0.1, 0.15) is 0 Å².